The number of likely N-dealkylation sites (tertiary alicyclic amines) is 1. The zero-order valence-corrected chi connectivity index (χ0v) is 16.4. The maximum Gasteiger partial charge on any atom is 0.417 e. The van der Waals surface area contributed by atoms with Crippen LogP contribution in [-0.4, -0.2) is 58.5 Å². The Morgan fingerprint density at radius 3 is 2.69 bits per heavy atom. The molecule has 2 aliphatic rings. The van der Waals surface area contributed by atoms with Crippen molar-refractivity contribution in [2.45, 2.75) is 59.0 Å². The molecule has 0 aromatic rings. The smallest absolute Gasteiger partial charge is 0.417 e. The molecule has 2 aliphatic heterocycles. The van der Waals surface area contributed by atoms with Gasteiger partial charge < -0.3 is 14.5 Å². The van der Waals surface area contributed by atoms with E-state index in [1.807, 2.05) is 30.1 Å². The molecule has 6 nitrogen and oxygen atoms in total. The van der Waals surface area contributed by atoms with Gasteiger partial charge in [-0.3, -0.25) is 9.69 Å². The van der Waals surface area contributed by atoms with Crippen LogP contribution in [0, 0.1) is 0 Å². The summed E-state index contributed by atoms with van der Waals surface area (Å²) in [5.74, 6) is 0.187. The molecular formula is C20H31N3O3. The molecule has 0 aliphatic carbocycles. The molecule has 26 heavy (non-hydrogen) atoms. The van der Waals surface area contributed by atoms with Crippen LogP contribution in [0.25, 0.3) is 0 Å². The number of hydrogen-bond acceptors (Lipinski definition) is 4. The monoisotopic (exact) mass is 361 g/mol. The van der Waals surface area contributed by atoms with Gasteiger partial charge in [0.2, 0.25) is 5.91 Å². The average molecular weight is 361 g/mol. The van der Waals surface area contributed by atoms with Crippen LogP contribution in [0.4, 0.5) is 4.79 Å². The van der Waals surface area contributed by atoms with Crippen LogP contribution in [0.3, 0.4) is 0 Å². The molecule has 0 N–H and O–H groups in total. The van der Waals surface area contributed by atoms with Crippen LogP contribution in [0.15, 0.2) is 36.3 Å². The molecule has 0 aromatic heterocycles. The van der Waals surface area contributed by atoms with Gasteiger partial charge in [-0.1, -0.05) is 0 Å². The standard InChI is InChI=1S/C20H31N3O3/c1-5-22(16(3)4)19(24)18-11-7-8-14-23(18)17-10-9-13-21(15-12-17)20(25)26-6-2/h9-10,12-13,15-16,18H,5-8,11,14H2,1-4H3. The fourth-order valence-corrected chi connectivity index (χ4v) is 3.47. The van der Waals surface area contributed by atoms with Crippen LogP contribution in [0.2, 0.25) is 0 Å². The SMILES string of the molecule is CCOC(=O)N1C=CC=C(N2CCCCC2C(=O)N(CC)C(C)C)C=C1. The third-order valence-electron chi connectivity index (χ3n) is 4.76. The van der Waals surface area contributed by atoms with Gasteiger partial charge in [0.1, 0.15) is 6.04 Å². The largest absolute Gasteiger partial charge is 0.449 e. The molecule has 0 spiro atoms. The van der Waals surface area contributed by atoms with Crippen LogP contribution in [0.1, 0.15) is 47.0 Å². The first-order chi connectivity index (χ1) is 12.5. The minimum atomic E-state index is -0.405. The van der Waals surface area contributed by atoms with E-state index in [0.29, 0.717) is 13.2 Å². The molecule has 1 unspecified atom stereocenters. The number of nitrogens with zero attached hydrogens (tertiary/aromatic N) is 3. The Balaban J connectivity index is 2.18. The molecule has 2 amide bonds. The van der Waals surface area contributed by atoms with Gasteiger partial charge in [-0.05, 0) is 65.2 Å². The highest BCUT2D eigenvalue weighted by atomic mass is 16.5. The van der Waals surface area contributed by atoms with Gasteiger partial charge in [-0.15, -0.1) is 0 Å². The van der Waals surface area contributed by atoms with E-state index in [1.54, 1.807) is 19.3 Å². The second-order valence-electron chi connectivity index (χ2n) is 6.78. The third kappa shape index (κ3) is 4.68. The fourth-order valence-electron chi connectivity index (χ4n) is 3.47. The summed E-state index contributed by atoms with van der Waals surface area (Å²) in [6.45, 7) is 9.81. The molecule has 0 radical (unpaired) electrons. The number of piperidine rings is 1. The number of ether oxygens (including phenoxy) is 1. The highest BCUT2D eigenvalue weighted by molar-refractivity contribution is 5.82. The molecule has 0 saturated carbocycles. The first-order valence-electron chi connectivity index (χ1n) is 9.58. The Hall–Kier alpha value is -2.24. The van der Waals surface area contributed by atoms with Gasteiger partial charge in [0.05, 0.1) is 6.61 Å². The second-order valence-corrected chi connectivity index (χ2v) is 6.78. The van der Waals surface area contributed by atoms with E-state index in [0.717, 1.165) is 31.5 Å². The van der Waals surface area contributed by atoms with Crippen molar-refractivity contribution in [1.82, 2.24) is 14.7 Å². The summed E-state index contributed by atoms with van der Waals surface area (Å²) in [5, 5.41) is 0. The molecule has 2 heterocycles. The van der Waals surface area contributed by atoms with Crippen LogP contribution >= 0.6 is 0 Å². The van der Waals surface area contributed by atoms with Crippen molar-refractivity contribution < 1.29 is 14.3 Å². The highest BCUT2D eigenvalue weighted by Gasteiger charge is 2.33. The van der Waals surface area contributed by atoms with Gasteiger partial charge in [0.25, 0.3) is 0 Å². The maximum atomic E-state index is 13.1. The average Bonchev–Trinajstić information content (AvgIpc) is 2.88. The van der Waals surface area contributed by atoms with Gasteiger partial charge >= 0.3 is 6.09 Å². The lowest BCUT2D eigenvalue weighted by Crippen LogP contribution is -2.52. The van der Waals surface area contributed by atoms with Crippen LogP contribution < -0.4 is 0 Å². The van der Waals surface area contributed by atoms with E-state index in [4.69, 9.17) is 4.74 Å². The third-order valence-corrected chi connectivity index (χ3v) is 4.76. The van der Waals surface area contributed by atoms with Crippen molar-refractivity contribution >= 4 is 12.0 Å². The Morgan fingerprint density at radius 1 is 1.27 bits per heavy atom. The minimum Gasteiger partial charge on any atom is -0.449 e. The predicted octanol–water partition coefficient (Wildman–Crippen LogP) is 3.48. The van der Waals surface area contributed by atoms with Crippen molar-refractivity contribution in [3.63, 3.8) is 0 Å². The number of carbonyl (C=O) groups excluding carboxylic acids is 2. The molecule has 2 rings (SSSR count). The number of hydrogen-bond donors (Lipinski definition) is 0. The Labute approximate surface area is 156 Å². The first kappa shape index (κ1) is 20.1. The number of amides is 2. The summed E-state index contributed by atoms with van der Waals surface area (Å²) in [4.78, 5) is 30.5. The molecule has 1 saturated heterocycles. The number of rotatable bonds is 5. The number of carbonyl (C=O) groups is 2. The topological polar surface area (TPSA) is 53.1 Å². The maximum absolute atomic E-state index is 13.1. The van der Waals surface area contributed by atoms with Crippen LogP contribution in [-0.2, 0) is 9.53 Å². The summed E-state index contributed by atoms with van der Waals surface area (Å²) in [6, 6.07) is 0.0404. The summed E-state index contributed by atoms with van der Waals surface area (Å²) in [6.07, 6.45) is 11.6. The van der Waals surface area contributed by atoms with Crippen molar-refractivity contribution in [1.29, 1.82) is 0 Å². The Kier molecular flexibility index (Phi) is 7.30. The molecule has 0 aromatic carbocycles. The molecule has 6 heteroatoms. The van der Waals surface area contributed by atoms with E-state index >= 15 is 0 Å². The van der Waals surface area contributed by atoms with E-state index in [1.165, 1.54) is 4.90 Å². The Morgan fingerprint density at radius 2 is 2.04 bits per heavy atom. The summed E-state index contributed by atoms with van der Waals surface area (Å²) < 4.78 is 5.04. The van der Waals surface area contributed by atoms with Crippen LogP contribution in [0.5, 0.6) is 0 Å². The molecule has 1 atom stereocenters. The summed E-state index contributed by atoms with van der Waals surface area (Å²) in [7, 11) is 0. The first-order valence-corrected chi connectivity index (χ1v) is 9.58. The van der Waals surface area contributed by atoms with E-state index in [9.17, 15) is 9.59 Å². The second kappa shape index (κ2) is 9.46. The number of likely N-dealkylation sites (N-methyl/N-ethyl adjacent to an activating group) is 1. The number of allylic oxidation sites excluding steroid dienone is 3. The normalized spacial score (nSPS) is 20.0. The van der Waals surface area contributed by atoms with Gasteiger partial charge in [-0.25, -0.2) is 4.79 Å². The minimum absolute atomic E-state index is 0.149. The van der Waals surface area contributed by atoms with Gasteiger partial charge in [0, 0.05) is 37.2 Å². The lowest BCUT2D eigenvalue weighted by Gasteiger charge is -2.40. The van der Waals surface area contributed by atoms with Crippen molar-refractivity contribution in [3.05, 3.63) is 36.3 Å². The highest BCUT2D eigenvalue weighted by Crippen LogP contribution is 2.25. The van der Waals surface area contributed by atoms with E-state index in [2.05, 4.69) is 18.7 Å². The molecule has 0 bridgehead atoms. The summed E-state index contributed by atoms with van der Waals surface area (Å²) in [5.41, 5.74) is 0.950. The molecular weight excluding hydrogens is 330 g/mol. The zero-order valence-electron chi connectivity index (χ0n) is 16.4. The van der Waals surface area contributed by atoms with Gasteiger partial charge in [0.15, 0.2) is 0 Å². The zero-order chi connectivity index (χ0) is 19.1. The quantitative estimate of drug-likeness (QED) is 0.752. The fraction of sp³-hybridized carbons (Fsp3) is 0.600. The van der Waals surface area contributed by atoms with Gasteiger partial charge in [-0.2, -0.15) is 0 Å². The van der Waals surface area contributed by atoms with Crippen molar-refractivity contribution in [3.8, 4) is 0 Å². The molecule has 144 valence electrons. The summed E-state index contributed by atoms with van der Waals surface area (Å²) >= 11 is 0. The van der Waals surface area contributed by atoms with Crippen molar-refractivity contribution in [2.75, 3.05) is 19.7 Å². The van der Waals surface area contributed by atoms with E-state index < -0.39 is 6.09 Å². The predicted molar refractivity (Wildman–Crippen MR) is 102 cm³/mol. The lowest BCUT2D eigenvalue weighted by atomic mass is 9.99. The van der Waals surface area contributed by atoms with Crippen molar-refractivity contribution in [2.24, 2.45) is 0 Å². The van der Waals surface area contributed by atoms with E-state index in [-0.39, 0.29) is 18.0 Å². The molecule has 1 fully saturated rings. The lowest BCUT2D eigenvalue weighted by molar-refractivity contribution is -0.138. The Bertz CT molecular complexity index is 595.